The number of esters is 2. The third kappa shape index (κ3) is 2.85. The van der Waals surface area contributed by atoms with Crippen LogP contribution in [0.2, 0.25) is 0 Å². The van der Waals surface area contributed by atoms with Crippen LogP contribution >= 0.6 is 0 Å². The fourth-order valence-corrected chi connectivity index (χ4v) is 4.79. The van der Waals surface area contributed by atoms with Crippen molar-refractivity contribution < 1.29 is 19.1 Å². The Balaban J connectivity index is 1.45. The smallest absolute Gasteiger partial charge is 0.344 e. The van der Waals surface area contributed by atoms with Crippen molar-refractivity contribution in [2.24, 2.45) is 22.7 Å². The molecule has 4 nitrogen and oxygen atoms in total. The highest BCUT2D eigenvalue weighted by Crippen LogP contribution is 2.74. The van der Waals surface area contributed by atoms with Gasteiger partial charge in [-0.1, -0.05) is 13.5 Å². The van der Waals surface area contributed by atoms with E-state index in [1.54, 1.807) is 6.92 Å². The van der Waals surface area contributed by atoms with E-state index in [2.05, 4.69) is 13.5 Å². The lowest BCUT2D eigenvalue weighted by atomic mass is 9.67. The second kappa shape index (κ2) is 4.85. The van der Waals surface area contributed by atoms with Crippen molar-refractivity contribution in [3.63, 3.8) is 0 Å². The molecule has 0 N–H and O–H groups in total. The molecule has 4 atom stereocenters. The van der Waals surface area contributed by atoms with Gasteiger partial charge in [-0.05, 0) is 56.3 Å². The molecule has 2 bridgehead atoms. The van der Waals surface area contributed by atoms with Gasteiger partial charge in [0, 0.05) is 11.0 Å². The molecule has 0 radical (unpaired) electrons. The van der Waals surface area contributed by atoms with Crippen LogP contribution in [0.5, 0.6) is 0 Å². The zero-order valence-corrected chi connectivity index (χ0v) is 12.9. The Morgan fingerprint density at radius 1 is 1.24 bits per heavy atom. The highest BCUT2D eigenvalue weighted by Gasteiger charge is 2.65. The third-order valence-corrected chi connectivity index (χ3v) is 5.48. The number of hydrogen-bond donors (Lipinski definition) is 0. The van der Waals surface area contributed by atoms with Gasteiger partial charge in [0.25, 0.3) is 0 Å². The summed E-state index contributed by atoms with van der Waals surface area (Å²) in [6.07, 6.45) is 6.48. The van der Waals surface area contributed by atoms with E-state index in [0.29, 0.717) is 12.0 Å². The van der Waals surface area contributed by atoms with Crippen LogP contribution in [0.3, 0.4) is 0 Å². The van der Waals surface area contributed by atoms with Gasteiger partial charge >= 0.3 is 11.9 Å². The quantitative estimate of drug-likeness (QED) is 0.577. The molecule has 4 unspecified atom stereocenters. The summed E-state index contributed by atoms with van der Waals surface area (Å²) in [5.74, 6) is 0.751. The van der Waals surface area contributed by atoms with Crippen molar-refractivity contribution >= 4 is 11.9 Å². The Morgan fingerprint density at radius 2 is 2.00 bits per heavy atom. The number of carbonyl (C=O) groups is 2. The van der Waals surface area contributed by atoms with Crippen molar-refractivity contribution in [3.8, 4) is 0 Å². The van der Waals surface area contributed by atoms with Crippen molar-refractivity contribution in [3.05, 3.63) is 12.2 Å². The Morgan fingerprint density at radius 3 is 2.67 bits per heavy atom. The van der Waals surface area contributed by atoms with E-state index in [-0.39, 0.29) is 17.6 Å². The summed E-state index contributed by atoms with van der Waals surface area (Å²) in [5, 5.41) is 0. The second-order valence-corrected chi connectivity index (χ2v) is 7.78. The molecular weight excluding hydrogens is 268 g/mol. The van der Waals surface area contributed by atoms with Gasteiger partial charge in [0.2, 0.25) is 0 Å². The van der Waals surface area contributed by atoms with E-state index >= 15 is 0 Å². The van der Waals surface area contributed by atoms with E-state index in [1.165, 1.54) is 25.7 Å². The first-order valence-electron chi connectivity index (χ1n) is 7.80. The van der Waals surface area contributed by atoms with Crippen LogP contribution in [0.4, 0.5) is 0 Å². The minimum absolute atomic E-state index is 0.0994. The largest absolute Gasteiger partial charge is 0.463 e. The predicted molar refractivity (Wildman–Crippen MR) is 77.3 cm³/mol. The zero-order chi connectivity index (χ0) is 15.3. The van der Waals surface area contributed by atoms with Crippen LogP contribution < -0.4 is 0 Å². The fraction of sp³-hybridized carbons (Fsp3) is 0.765. The molecule has 21 heavy (non-hydrogen) atoms. The number of hydrogen-bond acceptors (Lipinski definition) is 4. The van der Waals surface area contributed by atoms with Crippen molar-refractivity contribution in [1.82, 2.24) is 0 Å². The first kappa shape index (κ1) is 14.6. The van der Waals surface area contributed by atoms with Gasteiger partial charge in [-0.25, -0.2) is 9.59 Å². The highest BCUT2D eigenvalue weighted by atomic mass is 16.6. The molecule has 0 aromatic heterocycles. The van der Waals surface area contributed by atoms with Crippen LogP contribution in [0.25, 0.3) is 0 Å². The molecule has 4 heteroatoms. The SMILES string of the molecule is C=C(C)C(=O)OCC(=O)OCC1(C)CC2CC3CC3(C2)C1. The van der Waals surface area contributed by atoms with Gasteiger partial charge < -0.3 is 9.47 Å². The molecule has 0 amide bonds. The Labute approximate surface area is 125 Å². The maximum Gasteiger partial charge on any atom is 0.344 e. The molecule has 3 rings (SSSR count). The minimum atomic E-state index is -0.548. The molecule has 0 aromatic carbocycles. The number of rotatable bonds is 5. The van der Waals surface area contributed by atoms with Crippen molar-refractivity contribution in [2.45, 2.75) is 46.0 Å². The van der Waals surface area contributed by atoms with Crippen LogP contribution in [0, 0.1) is 22.7 Å². The topological polar surface area (TPSA) is 52.6 Å². The molecule has 3 fully saturated rings. The highest BCUT2D eigenvalue weighted by molar-refractivity contribution is 5.88. The second-order valence-electron chi connectivity index (χ2n) is 7.78. The lowest BCUT2D eigenvalue weighted by Gasteiger charge is -2.39. The van der Waals surface area contributed by atoms with Crippen molar-refractivity contribution in [2.75, 3.05) is 13.2 Å². The predicted octanol–water partition coefficient (Wildman–Crippen LogP) is 2.87. The van der Waals surface area contributed by atoms with E-state index in [0.717, 1.165) is 18.3 Å². The molecule has 0 heterocycles. The van der Waals surface area contributed by atoms with E-state index in [9.17, 15) is 9.59 Å². The van der Waals surface area contributed by atoms with Gasteiger partial charge in [-0.2, -0.15) is 0 Å². The Kier molecular flexibility index (Phi) is 3.38. The monoisotopic (exact) mass is 292 g/mol. The molecule has 3 aliphatic rings. The van der Waals surface area contributed by atoms with Crippen LogP contribution in [0.1, 0.15) is 46.0 Å². The molecule has 0 aromatic rings. The number of fused-ring (bicyclic) bond motifs is 1. The van der Waals surface area contributed by atoms with Gasteiger partial charge in [-0.15, -0.1) is 0 Å². The average molecular weight is 292 g/mol. The van der Waals surface area contributed by atoms with E-state index in [1.807, 2.05) is 0 Å². The van der Waals surface area contributed by atoms with Gasteiger partial charge in [0.05, 0.1) is 6.61 Å². The van der Waals surface area contributed by atoms with E-state index in [4.69, 9.17) is 9.47 Å². The molecule has 3 aliphatic carbocycles. The maximum absolute atomic E-state index is 11.7. The van der Waals surface area contributed by atoms with Crippen LogP contribution in [0.15, 0.2) is 12.2 Å². The summed E-state index contributed by atoms with van der Waals surface area (Å²) in [6, 6.07) is 0. The fourth-order valence-electron chi connectivity index (χ4n) is 4.79. The Bertz CT molecular complexity index is 497. The molecule has 3 saturated carbocycles. The van der Waals surface area contributed by atoms with Gasteiger partial charge in [0.1, 0.15) is 0 Å². The maximum atomic E-state index is 11.7. The van der Waals surface area contributed by atoms with Gasteiger partial charge in [0.15, 0.2) is 6.61 Å². The van der Waals surface area contributed by atoms with Crippen LogP contribution in [-0.4, -0.2) is 25.2 Å². The summed E-state index contributed by atoms with van der Waals surface area (Å²) < 4.78 is 10.2. The summed E-state index contributed by atoms with van der Waals surface area (Å²) in [6.45, 7) is 7.38. The first-order valence-corrected chi connectivity index (χ1v) is 7.80. The van der Waals surface area contributed by atoms with Crippen molar-refractivity contribution in [1.29, 1.82) is 0 Å². The van der Waals surface area contributed by atoms with E-state index < -0.39 is 11.9 Å². The first-order chi connectivity index (χ1) is 9.82. The normalized spacial score (nSPS) is 39.3. The lowest BCUT2D eigenvalue weighted by Crippen LogP contribution is -2.34. The summed E-state index contributed by atoms with van der Waals surface area (Å²) in [5.41, 5.74) is 0.969. The summed E-state index contributed by atoms with van der Waals surface area (Å²) >= 11 is 0. The Hall–Kier alpha value is -1.32. The standard InChI is InChI=1S/C17H24O4/c1-11(2)15(19)20-8-14(18)21-10-16(3)5-12-4-13-7-17(13,6-12)9-16/h12-13H,1,4-10H2,2-3H3. The number of carbonyl (C=O) groups excluding carboxylic acids is 2. The summed E-state index contributed by atoms with van der Waals surface area (Å²) in [4.78, 5) is 22.9. The van der Waals surface area contributed by atoms with Crippen LogP contribution in [-0.2, 0) is 19.1 Å². The van der Waals surface area contributed by atoms with Gasteiger partial charge in [-0.3, -0.25) is 0 Å². The molecule has 116 valence electrons. The minimum Gasteiger partial charge on any atom is -0.463 e. The lowest BCUT2D eigenvalue weighted by molar-refractivity contribution is -0.159. The zero-order valence-electron chi connectivity index (χ0n) is 12.9. The molecule has 0 aliphatic heterocycles. The average Bonchev–Trinajstić information content (AvgIpc) is 2.95. The molecule has 1 spiro atoms. The summed E-state index contributed by atoms with van der Waals surface area (Å²) in [7, 11) is 0. The molecule has 0 saturated heterocycles. The third-order valence-electron chi connectivity index (χ3n) is 5.48. The number of ether oxygens (including phenoxy) is 2. The molecular formula is C17H24O4.